The third-order valence-corrected chi connectivity index (χ3v) is 0. The molecule has 0 aliphatic rings. The molecule has 0 saturated heterocycles. The summed E-state index contributed by atoms with van der Waals surface area (Å²) in [6.07, 6.45) is 0. The first-order valence-corrected chi connectivity index (χ1v) is 0. The van der Waals surface area contributed by atoms with E-state index in [1.807, 2.05) is 0 Å². The molecule has 0 aliphatic carbocycles. The molecule has 4 heavy (non-hydrogen) atoms. The molecule has 0 unspecified atom stereocenters. The van der Waals surface area contributed by atoms with Gasteiger partial charge in [0.1, 0.15) is 0 Å². The SMILES string of the molecule is O.[Bi].[Sr].[Zn]. The normalized spacial score (nSPS) is 0. The van der Waals surface area contributed by atoms with Gasteiger partial charge in [-0.3, -0.25) is 0 Å². The summed E-state index contributed by atoms with van der Waals surface area (Å²) in [4.78, 5) is 0. The Labute approximate surface area is 94.4 Å². The quantitative estimate of drug-likeness (QED) is 0.455. The molecular weight excluding hydrogens is 378 g/mol. The van der Waals surface area contributed by atoms with Crippen molar-refractivity contribution in [1.29, 1.82) is 0 Å². The largest absolute Gasteiger partial charge is 0.412 e. The monoisotopic (exact) mass is 379 g/mol. The van der Waals surface area contributed by atoms with Crippen LogP contribution in [-0.2, 0) is 19.5 Å². The maximum Gasteiger partial charge on any atom is 0 e. The summed E-state index contributed by atoms with van der Waals surface area (Å²) in [5.74, 6) is 0. The third kappa shape index (κ3) is 8.87. The number of rotatable bonds is 0. The van der Waals surface area contributed by atoms with Crippen molar-refractivity contribution in [2.24, 2.45) is 0 Å². The van der Waals surface area contributed by atoms with Gasteiger partial charge < -0.3 is 5.48 Å². The van der Waals surface area contributed by atoms with Crippen molar-refractivity contribution in [2.45, 2.75) is 0 Å². The van der Waals surface area contributed by atoms with Gasteiger partial charge in [0.25, 0.3) is 0 Å². The fourth-order valence-electron chi connectivity index (χ4n) is 0. The summed E-state index contributed by atoms with van der Waals surface area (Å²) in [6, 6.07) is 0. The minimum atomic E-state index is 0. The smallest absolute Gasteiger partial charge is 0 e. The first-order chi connectivity index (χ1) is 0. The van der Waals surface area contributed by atoms with E-state index in [1.54, 1.807) is 0 Å². The van der Waals surface area contributed by atoms with Gasteiger partial charge in [0.2, 0.25) is 0 Å². The second kappa shape index (κ2) is 16.8. The van der Waals surface area contributed by atoms with Crippen LogP contribution in [0.2, 0.25) is 0 Å². The molecular formula is H2BiOSrZn. The van der Waals surface area contributed by atoms with E-state index in [0.717, 1.165) is 0 Å². The number of hydrogen-bond donors (Lipinski definition) is 0. The van der Waals surface area contributed by atoms with E-state index in [-0.39, 0.29) is 96.6 Å². The minimum Gasteiger partial charge on any atom is -0.412 e. The molecule has 0 aromatic carbocycles. The molecule has 17 valence electrons. The second-order valence-electron chi connectivity index (χ2n) is 0. The van der Waals surface area contributed by atoms with Crippen LogP contribution in [0.25, 0.3) is 0 Å². The van der Waals surface area contributed by atoms with Gasteiger partial charge in [-0.25, -0.2) is 0 Å². The molecule has 0 fully saturated rings. The summed E-state index contributed by atoms with van der Waals surface area (Å²) >= 11 is 0. The van der Waals surface area contributed by atoms with Gasteiger partial charge in [-0.15, -0.1) is 0 Å². The van der Waals surface area contributed by atoms with E-state index < -0.39 is 0 Å². The zero-order valence-electron chi connectivity index (χ0n) is 2.36. The van der Waals surface area contributed by atoms with Crippen LogP contribution in [0.5, 0.6) is 0 Å². The van der Waals surface area contributed by atoms with E-state index >= 15 is 0 Å². The summed E-state index contributed by atoms with van der Waals surface area (Å²) in [5.41, 5.74) is 0. The molecule has 4 heteroatoms. The summed E-state index contributed by atoms with van der Waals surface area (Å²) in [7, 11) is 0. The Morgan fingerprint density at radius 2 is 1.00 bits per heavy atom. The molecule has 1 nitrogen and oxygen atoms in total. The number of hydrogen-bond acceptors (Lipinski definition) is 0. The molecule has 0 aromatic heterocycles. The predicted molar refractivity (Wildman–Crippen MR) is 15.1 cm³/mol. The van der Waals surface area contributed by atoms with Crippen LogP contribution in [0.1, 0.15) is 0 Å². The maximum atomic E-state index is 0. The first-order valence-electron chi connectivity index (χ1n) is 0. The van der Waals surface area contributed by atoms with Crippen LogP contribution in [0, 0.1) is 0 Å². The molecule has 0 amide bonds. The average molecular weight is 380 g/mol. The standard InChI is InChI=1S/Bi.H2O.Sr.Zn/h;1H2;;. The van der Waals surface area contributed by atoms with Gasteiger partial charge in [-0.2, -0.15) is 0 Å². The van der Waals surface area contributed by atoms with Gasteiger partial charge in [0, 0.05) is 91.2 Å². The van der Waals surface area contributed by atoms with E-state index in [0.29, 0.717) is 0 Å². The molecule has 0 heterocycles. The topological polar surface area (TPSA) is 31.5 Å². The van der Waals surface area contributed by atoms with Crippen LogP contribution in [0.3, 0.4) is 0 Å². The molecule has 0 saturated carbocycles. The fourth-order valence-corrected chi connectivity index (χ4v) is 0. The van der Waals surface area contributed by atoms with Crippen LogP contribution in [0.15, 0.2) is 0 Å². The zero-order valence-corrected chi connectivity index (χ0v) is 12.3. The van der Waals surface area contributed by atoms with Crippen LogP contribution in [-0.4, -0.2) is 77.2 Å². The Balaban J connectivity index is 0. The summed E-state index contributed by atoms with van der Waals surface area (Å²) < 4.78 is 0. The van der Waals surface area contributed by atoms with E-state index in [1.165, 1.54) is 0 Å². The first kappa shape index (κ1) is 28.3. The molecule has 0 spiro atoms. The van der Waals surface area contributed by atoms with Crippen LogP contribution < -0.4 is 0 Å². The van der Waals surface area contributed by atoms with Gasteiger partial charge in [0.15, 0.2) is 0 Å². The Bertz CT molecular complexity index is 8.00. The van der Waals surface area contributed by atoms with Crippen molar-refractivity contribution < 1.29 is 25.0 Å². The summed E-state index contributed by atoms with van der Waals surface area (Å²) in [5, 5.41) is 0. The van der Waals surface area contributed by atoms with E-state index in [4.69, 9.17) is 0 Å². The van der Waals surface area contributed by atoms with Crippen molar-refractivity contribution in [3.05, 3.63) is 0 Å². The van der Waals surface area contributed by atoms with Crippen molar-refractivity contribution >= 4 is 71.7 Å². The molecule has 0 bridgehead atoms. The fraction of sp³-hybridized carbons (Fsp3) is 0. The molecule has 0 rings (SSSR count). The predicted octanol–water partition coefficient (Wildman–Crippen LogP) is -1.59. The van der Waals surface area contributed by atoms with Crippen molar-refractivity contribution in [3.8, 4) is 0 Å². The van der Waals surface area contributed by atoms with Gasteiger partial charge >= 0.3 is 0 Å². The molecule has 2 N–H and O–H groups in total. The molecule has 0 atom stereocenters. The zero-order chi connectivity index (χ0) is 0. The summed E-state index contributed by atoms with van der Waals surface area (Å²) in [6.45, 7) is 0. The van der Waals surface area contributed by atoms with Crippen LogP contribution in [0.4, 0.5) is 0 Å². The van der Waals surface area contributed by atoms with Gasteiger partial charge in [-0.05, 0) is 0 Å². The molecule has 0 aromatic rings. The molecule has 0 aliphatic heterocycles. The van der Waals surface area contributed by atoms with E-state index in [2.05, 4.69) is 0 Å². The van der Waals surface area contributed by atoms with Crippen LogP contribution >= 0.6 is 0 Å². The van der Waals surface area contributed by atoms with Gasteiger partial charge in [-0.1, -0.05) is 0 Å². The van der Waals surface area contributed by atoms with Gasteiger partial charge in [0.05, 0.1) is 0 Å². The maximum absolute atomic E-state index is 0. The Hall–Kier alpha value is 2.95. The minimum absolute atomic E-state index is 0. The Kier molecular flexibility index (Phi) is 119. The van der Waals surface area contributed by atoms with Crippen molar-refractivity contribution in [3.63, 3.8) is 0 Å². The third-order valence-electron chi connectivity index (χ3n) is 0. The molecule has 5 radical (unpaired) electrons. The second-order valence-corrected chi connectivity index (χ2v) is 0. The Morgan fingerprint density at radius 1 is 1.00 bits per heavy atom. The van der Waals surface area contributed by atoms with Crippen molar-refractivity contribution in [1.82, 2.24) is 0 Å². The van der Waals surface area contributed by atoms with E-state index in [9.17, 15) is 0 Å². The Morgan fingerprint density at radius 3 is 1.00 bits per heavy atom. The average Bonchev–Trinajstić information content (AvgIpc) is 0. The van der Waals surface area contributed by atoms with Crippen molar-refractivity contribution in [2.75, 3.05) is 0 Å².